The molecule has 0 saturated carbocycles. The maximum Gasteiger partial charge on any atom is 0.229 e. The number of anilines is 1. The van der Waals surface area contributed by atoms with Crippen molar-refractivity contribution in [3.63, 3.8) is 0 Å². The normalized spacial score (nSPS) is 12.7. The van der Waals surface area contributed by atoms with Crippen molar-refractivity contribution < 1.29 is 4.79 Å². The van der Waals surface area contributed by atoms with E-state index in [0.29, 0.717) is 17.3 Å². The molecule has 1 unspecified atom stereocenters. The maximum atomic E-state index is 12.3. The third kappa shape index (κ3) is 3.08. The van der Waals surface area contributed by atoms with Gasteiger partial charge in [0, 0.05) is 23.2 Å². The summed E-state index contributed by atoms with van der Waals surface area (Å²) in [4.78, 5) is 16.6. The fraction of sp³-hybridized carbons (Fsp3) is 0.333. The van der Waals surface area contributed by atoms with Crippen LogP contribution in [0.5, 0.6) is 0 Å². The van der Waals surface area contributed by atoms with Crippen molar-refractivity contribution in [2.45, 2.75) is 13.8 Å². The van der Waals surface area contributed by atoms with E-state index in [1.807, 2.05) is 32.0 Å². The highest BCUT2D eigenvalue weighted by atomic mass is 35.5. The lowest BCUT2D eigenvalue weighted by atomic mass is 9.95. The van der Waals surface area contributed by atoms with Gasteiger partial charge in [0.05, 0.1) is 17.1 Å². The number of nitrogens with two attached hydrogens (primary N) is 1. The highest BCUT2D eigenvalue weighted by molar-refractivity contribution is 6.32. The van der Waals surface area contributed by atoms with Crippen LogP contribution in [-0.2, 0) is 4.79 Å². The Morgan fingerprint density at radius 2 is 2.20 bits per heavy atom. The average Bonchev–Trinajstić information content (AvgIpc) is 2.38. The first-order valence-corrected chi connectivity index (χ1v) is 6.96. The van der Waals surface area contributed by atoms with Gasteiger partial charge in [-0.05, 0) is 24.1 Å². The van der Waals surface area contributed by atoms with Gasteiger partial charge in [-0.15, -0.1) is 0 Å². The van der Waals surface area contributed by atoms with Crippen LogP contribution in [0.3, 0.4) is 0 Å². The van der Waals surface area contributed by atoms with E-state index in [-0.39, 0.29) is 17.7 Å². The molecule has 3 N–H and O–H groups in total. The molecule has 4 nitrogen and oxygen atoms in total. The van der Waals surface area contributed by atoms with Gasteiger partial charge in [-0.1, -0.05) is 31.5 Å². The summed E-state index contributed by atoms with van der Waals surface area (Å²) in [6.45, 7) is 4.27. The van der Waals surface area contributed by atoms with E-state index in [0.717, 1.165) is 10.9 Å². The second-order valence-corrected chi connectivity index (χ2v) is 5.54. The summed E-state index contributed by atoms with van der Waals surface area (Å²) in [6, 6.07) is 7.28. The van der Waals surface area contributed by atoms with Crippen molar-refractivity contribution in [2.24, 2.45) is 17.6 Å². The van der Waals surface area contributed by atoms with Crippen molar-refractivity contribution in [3.8, 4) is 0 Å². The molecule has 0 aliphatic carbocycles. The lowest BCUT2D eigenvalue weighted by molar-refractivity contribution is -0.120. The Morgan fingerprint density at radius 1 is 1.45 bits per heavy atom. The van der Waals surface area contributed by atoms with Gasteiger partial charge in [-0.2, -0.15) is 0 Å². The number of carbonyl (C=O) groups excluding carboxylic acids is 1. The van der Waals surface area contributed by atoms with Crippen LogP contribution >= 0.6 is 11.6 Å². The van der Waals surface area contributed by atoms with Gasteiger partial charge < -0.3 is 11.1 Å². The van der Waals surface area contributed by atoms with E-state index in [4.69, 9.17) is 17.3 Å². The van der Waals surface area contributed by atoms with Crippen molar-refractivity contribution in [2.75, 3.05) is 11.9 Å². The largest absolute Gasteiger partial charge is 0.330 e. The number of benzene rings is 1. The number of aromatic nitrogens is 1. The second-order valence-electron chi connectivity index (χ2n) is 5.10. The van der Waals surface area contributed by atoms with E-state index < -0.39 is 0 Å². The Labute approximate surface area is 123 Å². The summed E-state index contributed by atoms with van der Waals surface area (Å²) in [5.74, 6) is -0.150. The fourth-order valence-corrected chi connectivity index (χ4v) is 2.39. The molecule has 0 aliphatic rings. The van der Waals surface area contributed by atoms with Crippen molar-refractivity contribution in [3.05, 3.63) is 35.5 Å². The van der Waals surface area contributed by atoms with E-state index >= 15 is 0 Å². The summed E-state index contributed by atoms with van der Waals surface area (Å²) in [5.41, 5.74) is 7.02. The summed E-state index contributed by atoms with van der Waals surface area (Å²) in [6.07, 6.45) is 1.69. The molecule has 2 aromatic rings. The predicted molar refractivity (Wildman–Crippen MR) is 82.8 cm³/mol. The molecule has 1 amide bonds. The first-order chi connectivity index (χ1) is 9.52. The molecule has 0 fully saturated rings. The minimum absolute atomic E-state index is 0.100. The van der Waals surface area contributed by atoms with Gasteiger partial charge in [-0.3, -0.25) is 9.78 Å². The molecule has 20 heavy (non-hydrogen) atoms. The quantitative estimate of drug-likeness (QED) is 0.910. The number of carbonyl (C=O) groups is 1. The van der Waals surface area contributed by atoms with Gasteiger partial charge in [0.1, 0.15) is 0 Å². The molecule has 1 heterocycles. The van der Waals surface area contributed by atoms with Crippen LogP contribution in [0, 0.1) is 11.8 Å². The number of hydrogen-bond acceptors (Lipinski definition) is 3. The summed E-state index contributed by atoms with van der Waals surface area (Å²) in [7, 11) is 0. The smallest absolute Gasteiger partial charge is 0.229 e. The maximum absolute atomic E-state index is 12.3. The van der Waals surface area contributed by atoms with Crippen LogP contribution in [0.2, 0.25) is 5.02 Å². The first kappa shape index (κ1) is 14.8. The third-order valence-electron chi connectivity index (χ3n) is 3.32. The Bertz CT molecular complexity index is 628. The number of amides is 1. The van der Waals surface area contributed by atoms with E-state index in [1.165, 1.54) is 0 Å². The molecule has 5 heteroatoms. The van der Waals surface area contributed by atoms with Gasteiger partial charge in [-0.25, -0.2) is 0 Å². The number of nitrogens with zero attached hydrogens (tertiary/aromatic N) is 1. The monoisotopic (exact) mass is 291 g/mol. The Kier molecular flexibility index (Phi) is 4.57. The lowest BCUT2D eigenvalue weighted by Gasteiger charge is -2.18. The first-order valence-electron chi connectivity index (χ1n) is 6.58. The molecule has 0 spiro atoms. The molecule has 0 radical (unpaired) electrons. The topological polar surface area (TPSA) is 68.0 Å². The molecule has 1 atom stereocenters. The van der Waals surface area contributed by atoms with E-state index in [2.05, 4.69) is 10.3 Å². The molecule has 1 aromatic carbocycles. The predicted octanol–water partition coefficient (Wildman–Crippen LogP) is 3.06. The third-order valence-corrected chi connectivity index (χ3v) is 3.54. The fourth-order valence-electron chi connectivity index (χ4n) is 2.16. The Balaban J connectivity index is 2.36. The van der Waals surface area contributed by atoms with E-state index in [9.17, 15) is 4.79 Å². The second kappa shape index (κ2) is 6.20. The van der Waals surface area contributed by atoms with Gasteiger partial charge in [0.25, 0.3) is 0 Å². The molecule has 0 aliphatic heterocycles. The number of nitrogens with one attached hydrogen (secondary N) is 1. The SMILES string of the molecule is CC(C)C(CN)C(=O)Nc1cc(Cl)cc2cccnc12. The lowest BCUT2D eigenvalue weighted by Crippen LogP contribution is -2.33. The molecule has 0 bridgehead atoms. The van der Waals surface area contributed by atoms with Crippen LogP contribution in [-0.4, -0.2) is 17.4 Å². The molecule has 106 valence electrons. The van der Waals surface area contributed by atoms with Crippen LogP contribution < -0.4 is 11.1 Å². The molecule has 1 aromatic heterocycles. The van der Waals surface area contributed by atoms with Crippen LogP contribution in [0.1, 0.15) is 13.8 Å². The van der Waals surface area contributed by atoms with Gasteiger partial charge >= 0.3 is 0 Å². The Morgan fingerprint density at radius 3 is 2.85 bits per heavy atom. The number of fused-ring (bicyclic) bond motifs is 1. The zero-order chi connectivity index (χ0) is 14.7. The molecular weight excluding hydrogens is 274 g/mol. The molecular formula is C15H18ClN3O. The highest BCUT2D eigenvalue weighted by Crippen LogP contribution is 2.27. The average molecular weight is 292 g/mol. The number of halogens is 1. The van der Waals surface area contributed by atoms with Crippen molar-refractivity contribution >= 4 is 34.1 Å². The number of pyridine rings is 1. The van der Waals surface area contributed by atoms with E-state index in [1.54, 1.807) is 12.3 Å². The number of hydrogen-bond donors (Lipinski definition) is 2. The summed E-state index contributed by atoms with van der Waals surface area (Å²) >= 11 is 6.08. The minimum Gasteiger partial charge on any atom is -0.330 e. The van der Waals surface area contributed by atoms with Crippen molar-refractivity contribution in [1.82, 2.24) is 4.98 Å². The highest BCUT2D eigenvalue weighted by Gasteiger charge is 2.21. The van der Waals surface area contributed by atoms with Gasteiger partial charge in [0.15, 0.2) is 0 Å². The number of rotatable bonds is 4. The standard InChI is InChI=1S/C15H18ClN3O/c1-9(2)12(8-17)15(20)19-13-7-11(16)6-10-4-3-5-18-14(10)13/h3-7,9,12H,8,17H2,1-2H3,(H,19,20). The molecule has 2 rings (SSSR count). The minimum atomic E-state index is -0.229. The van der Waals surface area contributed by atoms with Gasteiger partial charge in [0.2, 0.25) is 5.91 Å². The zero-order valence-corrected chi connectivity index (χ0v) is 12.3. The molecule has 0 saturated heterocycles. The summed E-state index contributed by atoms with van der Waals surface area (Å²) < 4.78 is 0. The zero-order valence-electron chi connectivity index (χ0n) is 11.6. The Hall–Kier alpha value is -1.65. The van der Waals surface area contributed by atoms with Crippen LogP contribution in [0.15, 0.2) is 30.5 Å². The summed E-state index contributed by atoms with van der Waals surface area (Å²) in [5, 5.41) is 4.35. The van der Waals surface area contributed by atoms with Crippen LogP contribution in [0.4, 0.5) is 5.69 Å². The van der Waals surface area contributed by atoms with Crippen LogP contribution in [0.25, 0.3) is 10.9 Å². The van der Waals surface area contributed by atoms with Crippen molar-refractivity contribution in [1.29, 1.82) is 0 Å².